The van der Waals surface area contributed by atoms with Gasteiger partial charge in [0.2, 0.25) is 0 Å². The molecule has 0 saturated heterocycles. The molecule has 0 amide bonds. The summed E-state index contributed by atoms with van der Waals surface area (Å²) in [6.07, 6.45) is 0. The van der Waals surface area contributed by atoms with E-state index in [0.29, 0.717) is 17.3 Å². The highest BCUT2D eigenvalue weighted by Gasteiger charge is 2.12. The maximum Gasteiger partial charge on any atom is 0.165 e. The molecule has 0 saturated carbocycles. The van der Waals surface area contributed by atoms with Crippen LogP contribution in [0.3, 0.4) is 0 Å². The Morgan fingerprint density at radius 2 is 2.10 bits per heavy atom. The van der Waals surface area contributed by atoms with Gasteiger partial charge in [0, 0.05) is 16.6 Å². The number of hydrogen-bond donors (Lipinski definition) is 1. The Balaban J connectivity index is 2.34. The van der Waals surface area contributed by atoms with Gasteiger partial charge in [0.25, 0.3) is 0 Å². The average molecular weight is 359 g/mol. The summed E-state index contributed by atoms with van der Waals surface area (Å²) in [5, 5.41) is 3.66. The summed E-state index contributed by atoms with van der Waals surface area (Å²) >= 11 is 9.46. The van der Waals surface area contributed by atoms with Crippen molar-refractivity contribution >= 4 is 27.5 Å². The number of ether oxygens (including phenoxy) is 1. The maximum absolute atomic E-state index is 13.8. The van der Waals surface area contributed by atoms with Crippen molar-refractivity contribution in [2.75, 3.05) is 6.54 Å². The Hall–Kier alpha value is -1.10. The van der Waals surface area contributed by atoms with Crippen LogP contribution < -0.4 is 10.1 Å². The topological polar surface area (TPSA) is 21.3 Å². The van der Waals surface area contributed by atoms with E-state index in [1.54, 1.807) is 18.2 Å². The van der Waals surface area contributed by atoms with Gasteiger partial charge in [0.05, 0.1) is 5.02 Å². The third kappa shape index (κ3) is 3.72. The van der Waals surface area contributed by atoms with Crippen molar-refractivity contribution in [3.8, 4) is 11.5 Å². The van der Waals surface area contributed by atoms with Crippen LogP contribution in [0.25, 0.3) is 0 Å². The number of halogens is 3. The summed E-state index contributed by atoms with van der Waals surface area (Å²) in [4.78, 5) is 0. The summed E-state index contributed by atoms with van der Waals surface area (Å²) in [5.74, 6) is 0.194. The highest BCUT2D eigenvalue weighted by molar-refractivity contribution is 9.10. The molecule has 0 heterocycles. The van der Waals surface area contributed by atoms with Gasteiger partial charge in [-0.3, -0.25) is 0 Å². The molecule has 2 aromatic carbocycles. The highest BCUT2D eigenvalue weighted by Crippen LogP contribution is 2.35. The Labute approximate surface area is 131 Å². The zero-order valence-electron chi connectivity index (χ0n) is 10.9. The fraction of sp³-hybridized carbons (Fsp3) is 0.200. The standard InChI is InChI=1S/C15H14BrClFNO/c1-2-19-9-10-4-3-5-12(17)15(10)20-14-8-11(16)6-7-13(14)18/h3-8,19H,2,9H2,1H3. The Morgan fingerprint density at radius 1 is 1.30 bits per heavy atom. The van der Waals surface area contributed by atoms with E-state index in [9.17, 15) is 4.39 Å². The van der Waals surface area contributed by atoms with Crippen molar-refractivity contribution in [1.82, 2.24) is 5.32 Å². The van der Waals surface area contributed by atoms with Crippen molar-refractivity contribution in [3.05, 3.63) is 57.3 Å². The normalized spacial score (nSPS) is 10.6. The minimum atomic E-state index is -0.428. The van der Waals surface area contributed by atoms with Crippen LogP contribution in [0.4, 0.5) is 4.39 Å². The molecule has 0 aliphatic carbocycles. The molecule has 0 fully saturated rings. The largest absolute Gasteiger partial charge is 0.452 e. The van der Waals surface area contributed by atoms with E-state index in [2.05, 4.69) is 21.2 Å². The highest BCUT2D eigenvalue weighted by atomic mass is 79.9. The van der Waals surface area contributed by atoms with Crippen LogP contribution in [0.2, 0.25) is 5.02 Å². The maximum atomic E-state index is 13.8. The van der Waals surface area contributed by atoms with Gasteiger partial charge in [-0.15, -0.1) is 0 Å². The molecule has 2 rings (SSSR count). The number of para-hydroxylation sites is 1. The van der Waals surface area contributed by atoms with Gasteiger partial charge in [-0.1, -0.05) is 46.6 Å². The SMILES string of the molecule is CCNCc1cccc(Cl)c1Oc1cc(Br)ccc1F. The summed E-state index contributed by atoms with van der Waals surface area (Å²) in [6, 6.07) is 10.0. The van der Waals surface area contributed by atoms with Crippen molar-refractivity contribution in [3.63, 3.8) is 0 Å². The second-order valence-electron chi connectivity index (χ2n) is 4.19. The van der Waals surface area contributed by atoms with Crippen LogP contribution in [0.15, 0.2) is 40.9 Å². The van der Waals surface area contributed by atoms with Crippen LogP contribution in [0.1, 0.15) is 12.5 Å². The lowest BCUT2D eigenvalue weighted by atomic mass is 10.2. The molecule has 2 aromatic rings. The van der Waals surface area contributed by atoms with E-state index in [1.165, 1.54) is 6.07 Å². The molecular formula is C15H14BrClFNO. The zero-order chi connectivity index (χ0) is 14.5. The van der Waals surface area contributed by atoms with Crippen LogP contribution >= 0.6 is 27.5 Å². The van der Waals surface area contributed by atoms with Gasteiger partial charge >= 0.3 is 0 Å². The van der Waals surface area contributed by atoms with Gasteiger partial charge in [-0.2, -0.15) is 0 Å². The first kappa shape index (κ1) is 15.3. The Kier molecular flexibility index (Phi) is 5.40. The lowest BCUT2D eigenvalue weighted by molar-refractivity contribution is 0.436. The Morgan fingerprint density at radius 3 is 2.85 bits per heavy atom. The first-order valence-electron chi connectivity index (χ1n) is 6.23. The van der Waals surface area contributed by atoms with Crippen LogP contribution in [0.5, 0.6) is 11.5 Å². The molecule has 20 heavy (non-hydrogen) atoms. The summed E-state index contributed by atoms with van der Waals surface area (Å²) in [7, 11) is 0. The molecule has 0 bridgehead atoms. The molecule has 0 aliphatic heterocycles. The van der Waals surface area contributed by atoms with E-state index in [4.69, 9.17) is 16.3 Å². The number of nitrogens with one attached hydrogen (secondary N) is 1. The number of rotatable bonds is 5. The van der Waals surface area contributed by atoms with E-state index >= 15 is 0 Å². The molecule has 0 aromatic heterocycles. The van der Waals surface area contributed by atoms with Crippen molar-refractivity contribution < 1.29 is 9.13 Å². The summed E-state index contributed by atoms with van der Waals surface area (Å²) in [5.41, 5.74) is 0.888. The van der Waals surface area contributed by atoms with E-state index in [1.807, 2.05) is 19.1 Å². The van der Waals surface area contributed by atoms with Gasteiger partial charge in [-0.25, -0.2) is 4.39 Å². The molecule has 0 aliphatic rings. The Bertz CT molecular complexity index is 606. The van der Waals surface area contributed by atoms with Crippen LogP contribution in [-0.4, -0.2) is 6.54 Å². The summed E-state index contributed by atoms with van der Waals surface area (Å²) in [6.45, 7) is 3.46. The lowest BCUT2D eigenvalue weighted by Gasteiger charge is -2.14. The fourth-order valence-corrected chi connectivity index (χ4v) is 2.30. The van der Waals surface area contributed by atoms with Crippen molar-refractivity contribution in [1.29, 1.82) is 0 Å². The average Bonchev–Trinajstić information content (AvgIpc) is 2.43. The molecule has 1 N–H and O–H groups in total. The fourth-order valence-electron chi connectivity index (χ4n) is 1.73. The van der Waals surface area contributed by atoms with Crippen molar-refractivity contribution in [2.45, 2.75) is 13.5 Å². The van der Waals surface area contributed by atoms with Gasteiger partial charge in [0.1, 0.15) is 0 Å². The number of hydrogen-bond acceptors (Lipinski definition) is 2. The third-order valence-electron chi connectivity index (χ3n) is 2.72. The predicted molar refractivity (Wildman–Crippen MR) is 83.0 cm³/mol. The molecule has 0 spiro atoms. The van der Waals surface area contributed by atoms with E-state index in [-0.39, 0.29) is 5.75 Å². The first-order chi connectivity index (χ1) is 9.61. The molecule has 0 radical (unpaired) electrons. The lowest BCUT2D eigenvalue weighted by Crippen LogP contribution is -2.12. The second kappa shape index (κ2) is 7.07. The minimum Gasteiger partial charge on any atom is -0.452 e. The number of benzene rings is 2. The molecule has 5 heteroatoms. The van der Waals surface area contributed by atoms with Gasteiger partial charge < -0.3 is 10.1 Å². The first-order valence-corrected chi connectivity index (χ1v) is 7.40. The monoisotopic (exact) mass is 357 g/mol. The predicted octanol–water partition coefficient (Wildman–Crippen LogP) is 5.14. The smallest absolute Gasteiger partial charge is 0.165 e. The summed E-state index contributed by atoms with van der Waals surface area (Å²) < 4.78 is 20.2. The molecule has 0 atom stereocenters. The van der Waals surface area contributed by atoms with E-state index in [0.717, 1.165) is 16.6 Å². The van der Waals surface area contributed by atoms with E-state index < -0.39 is 5.82 Å². The molecule has 106 valence electrons. The minimum absolute atomic E-state index is 0.144. The van der Waals surface area contributed by atoms with Crippen LogP contribution in [0, 0.1) is 5.82 Å². The van der Waals surface area contributed by atoms with Gasteiger partial charge in [-0.05, 0) is 30.8 Å². The quantitative estimate of drug-likeness (QED) is 0.798. The van der Waals surface area contributed by atoms with Gasteiger partial charge in [0.15, 0.2) is 17.3 Å². The molecular weight excluding hydrogens is 345 g/mol. The molecule has 2 nitrogen and oxygen atoms in total. The van der Waals surface area contributed by atoms with Crippen LogP contribution in [-0.2, 0) is 6.54 Å². The van der Waals surface area contributed by atoms with Crippen molar-refractivity contribution in [2.24, 2.45) is 0 Å². The third-order valence-corrected chi connectivity index (χ3v) is 3.51. The zero-order valence-corrected chi connectivity index (χ0v) is 13.3. The second-order valence-corrected chi connectivity index (χ2v) is 5.51. The molecule has 0 unspecified atom stereocenters.